The summed E-state index contributed by atoms with van der Waals surface area (Å²) in [7, 11) is 1.41. The Balaban J connectivity index is 1.93. The topological polar surface area (TPSA) is 41.6 Å². The van der Waals surface area contributed by atoms with E-state index in [2.05, 4.69) is 34.5 Å². The van der Waals surface area contributed by atoms with Crippen LogP contribution in [0.3, 0.4) is 0 Å². The molecule has 0 bridgehead atoms. The molecule has 23 heavy (non-hydrogen) atoms. The molecule has 0 radical (unpaired) electrons. The smallest absolute Gasteiger partial charge is 0.337 e. The number of piperazine rings is 1. The molecule has 1 unspecified atom stereocenters. The highest BCUT2D eigenvalue weighted by Crippen LogP contribution is 2.29. The van der Waals surface area contributed by atoms with Crippen LogP contribution in [-0.2, 0) is 4.74 Å². The zero-order valence-corrected chi connectivity index (χ0v) is 13.4. The van der Waals surface area contributed by atoms with Gasteiger partial charge in [0.2, 0.25) is 0 Å². The molecular weight excluding hydrogens is 288 g/mol. The number of nitrogens with one attached hydrogen (secondary N) is 1. The Kier molecular flexibility index (Phi) is 5.05. The lowest BCUT2D eigenvalue weighted by molar-refractivity contribution is 0.0600. The number of carbonyl (C=O) groups excluding carboxylic acids is 1. The van der Waals surface area contributed by atoms with Crippen molar-refractivity contribution in [2.24, 2.45) is 0 Å². The van der Waals surface area contributed by atoms with Crippen LogP contribution < -0.4 is 5.32 Å². The first kappa shape index (κ1) is 15.7. The molecule has 2 aromatic carbocycles. The van der Waals surface area contributed by atoms with E-state index in [0.717, 1.165) is 26.2 Å². The lowest BCUT2D eigenvalue weighted by Gasteiger charge is -2.35. The average molecular weight is 310 g/mol. The van der Waals surface area contributed by atoms with Gasteiger partial charge in [-0.1, -0.05) is 42.5 Å². The van der Waals surface area contributed by atoms with Gasteiger partial charge < -0.3 is 10.1 Å². The van der Waals surface area contributed by atoms with Crippen molar-refractivity contribution in [3.63, 3.8) is 0 Å². The molecule has 1 heterocycles. The molecule has 1 saturated heterocycles. The Morgan fingerprint density at radius 3 is 2.22 bits per heavy atom. The van der Waals surface area contributed by atoms with E-state index in [1.165, 1.54) is 18.2 Å². The quantitative estimate of drug-likeness (QED) is 0.881. The van der Waals surface area contributed by atoms with Crippen molar-refractivity contribution in [3.8, 4) is 0 Å². The summed E-state index contributed by atoms with van der Waals surface area (Å²) >= 11 is 0. The number of ether oxygens (including phenoxy) is 1. The van der Waals surface area contributed by atoms with Crippen molar-refractivity contribution in [1.29, 1.82) is 0 Å². The average Bonchev–Trinajstić information content (AvgIpc) is 2.64. The summed E-state index contributed by atoms with van der Waals surface area (Å²) in [5.41, 5.74) is 3.06. The highest BCUT2D eigenvalue weighted by molar-refractivity contribution is 5.89. The number of hydrogen-bond donors (Lipinski definition) is 1. The van der Waals surface area contributed by atoms with E-state index in [1.807, 2.05) is 30.3 Å². The fourth-order valence-electron chi connectivity index (χ4n) is 3.11. The molecule has 0 aliphatic carbocycles. The van der Waals surface area contributed by atoms with Crippen molar-refractivity contribution < 1.29 is 9.53 Å². The van der Waals surface area contributed by atoms with E-state index >= 15 is 0 Å². The number of rotatable bonds is 4. The van der Waals surface area contributed by atoms with Gasteiger partial charge in [-0.2, -0.15) is 0 Å². The van der Waals surface area contributed by atoms with E-state index < -0.39 is 0 Å². The summed E-state index contributed by atoms with van der Waals surface area (Å²) in [6, 6.07) is 18.5. The third-order valence-electron chi connectivity index (χ3n) is 4.28. The normalized spacial score (nSPS) is 16.7. The first-order valence-electron chi connectivity index (χ1n) is 7.97. The molecule has 4 heteroatoms. The summed E-state index contributed by atoms with van der Waals surface area (Å²) in [6.45, 7) is 4.03. The van der Waals surface area contributed by atoms with Gasteiger partial charge in [0.25, 0.3) is 0 Å². The van der Waals surface area contributed by atoms with E-state index in [-0.39, 0.29) is 12.0 Å². The minimum Gasteiger partial charge on any atom is -0.465 e. The number of nitrogens with zero attached hydrogens (tertiary/aromatic N) is 1. The molecule has 0 saturated carbocycles. The predicted molar refractivity (Wildman–Crippen MR) is 90.5 cm³/mol. The Hall–Kier alpha value is -2.17. The second-order valence-electron chi connectivity index (χ2n) is 5.71. The van der Waals surface area contributed by atoms with E-state index in [0.29, 0.717) is 5.56 Å². The van der Waals surface area contributed by atoms with Crippen molar-refractivity contribution in [2.45, 2.75) is 6.04 Å². The fourth-order valence-corrected chi connectivity index (χ4v) is 3.11. The van der Waals surface area contributed by atoms with Gasteiger partial charge in [0.1, 0.15) is 0 Å². The second-order valence-corrected chi connectivity index (χ2v) is 5.71. The Labute approximate surface area is 137 Å². The van der Waals surface area contributed by atoms with Crippen molar-refractivity contribution in [3.05, 3.63) is 71.3 Å². The van der Waals surface area contributed by atoms with Gasteiger partial charge in [-0.15, -0.1) is 0 Å². The van der Waals surface area contributed by atoms with Crippen LogP contribution >= 0.6 is 0 Å². The van der Waals surface area contributed by atoms with E-state index in [9.17, 15) is 4.79 Å². The van der Waals surface area contributed by atoms with Gasteiger partial charge in [-0.25, -0.2) is 4.79 Å². The third-order valence-corrected chi connectivity index (χ3v) is 4.28. The summed E-state index contributed by atoms with van der Waals surface area (Å²) in [4.78, 5) is 14.1. The molecule has 1 N–H and O–H groups in total. The van der Waals surface area contributed by atoms with Crippen LogP contribution in [0, 0.1) is 0 Å². The largest absolute Gasteiger partial charge is 0.465 e. The SMILES string of the molecule is COC(=O)c1ccc(C(c2ccccc2)N2CCNCC2)cc1. The monoisotopic (exact) mass is 310 g/mol. The van der Waals surface area contributed by atoms with Crippen molar-refractivity contribution >= 4 is 5.97 Å². The first-order chi connectivity index (χ1) is 11.3. The van der Waals surface area contributed by atoms with Gasteiger partial charge in [0, 0.05) is 26.2 Å². The zero-order valence-electron chi connectivity index (χ0n) is 13.4. The molecule has 1 atom stereocenters. The second kappa shape index (κ2) is 7.40. The van der Waals surface area contributed by atoms with Gasteiger partial charge in [0.15, 0.2) is 0 Å². The van der Waals surface area contributed by atoms with Crippen LogP contribution in [0.5, 0.6) is 0 Å². The Bertz CT molecular complexity index is 634. The molecule has 1 aliphatic rings. The Morgan fingerprint density at radius 2 is 1.61 bits per heavy atom. The molecule has 120 valence electrons. The lowest BCUT2D eigenvalue weighted by atomic mass is 9.95. The highest BCUT2D eigenvalue weighted by atomic mass is 16.5. The first-order valence-corrected chi connectivity index (χ1v) is 7.97. The summed E-state index contributed by atoms with van der Waals surface area (Å²) in [5.74, 6) is -0.296. The maximum Gasteiger partial charge on any atom is 0.337 e. The van der Waals surface area contributed by atoms with Crippen LogP contribution in [0.25, 0.3) is 0 Å². The molecule has 1 aliphatic heterocycles. The molecule has 0 spiro atoms. The van der Waals surface area contributed by atoms with Crippen LogP contribution in [0.1, 0.15) is 27.5 Å². The predicted octanol–water partition coefficient (Wildman–Crippen LogP) is 2.47. The van der Waals surface area contributed by atoms with Gasteiger partial charge >= 0.3 is 5.97 Å². The summed E-state index contributed by atoms with van der Waals surface area (Å²) in [5, 5.41) is 3.40. The molecule has 1 fully saturated rings. The molecule has 4 nitrogen and oxygen atoms in total. The van der Waals surface area contributed by atoms with Crippen LogP contribution in [0.4, 0.5) is 0 Å². The third kappa shape index (κ3) is 3.60. The fraction of sp³-hybridized carbons (Fsp3) is 0.316. The van der Waals surface area contributed by atoms with E-state index in [4.69, 9.17) is 4.74 Å². The minimum absolute atomic E-state index is 0.213. The van der Waals surface area contributed by atoms with Crippen molar-refractivity contribution in [1.82, 2.24) is 10.2 Å². The van der Waals surface area contributed by atoms with Gasteiger partial charge in [-0.3, -0.25) is 4.90 Å². The van der Waals surface area contributed by atoms with Gasteiger partial charge in [-0.05, 0) is 23.3 Å². The number of hydrogen-bond acceptors (Lipinski definition) is 4. The van der Waals surface area contributed by atoms with Crippen LogP contribution in [0.2, 0.25) is 0 Å². The van der Waals surface area contributed by atoms with Crippen LogP contribution in [-0.4, -0.2) is 44.2 Å². The number of esters is 1. The minimum atomic E-state index is -0.296. The summed E-state index contributed by atoms with van der Waals surface area (Å²) in [6.07, 6.45) is 0. The maximum atomic E-state index is 11.6. The zero-order chi connectivity index (χ0) is 16.1. The highest BCUT2D eigenvalue weighted by Gasteiger charge is 2.23. The number of carbonyl (C=O) groups is 1. The van der Waals surface area contributed by atoms with Crippen LogP contribution in [0.15, 0.2) is 54.6 Å². The van der Waals surface area contributed by atoms with Gasteiger partial charge in [0.05, 0.1) is 18.7 Å². The molecule has 0 amide bonds. The maximum absolute atomic E-state index is 11.6. The molecule has 2 aromatic rings. The Morgan fingerprint density at radius 1 is 1.00 bits per heavy atom. The number of methoxy groups -OCH3 is 1. The molecule has 0 aromatic heterocycles. The van der Waals surface area contributed by atoms with E-state index in [1.54, 1.807) is 0 Å². The lowest BCUT2D eigenvalue weighted by Crippen LogP contribution is -2.45. The van der Waals surface area contributed by atoms with Crippen molar-refractivity contribution in [2.75, 3.05) is 33.3 Å². The summed E-state index contributed by atoms with van der Waals surface area (Å²) < 4.78 is 4.78. The molecule has 3 rings (SSSR count). The molecular formula is C19H22N2O2. The number of benzene rings is 2. The standard InChI is InChI=1S/C19H22N2O2/c1-23-19(22)17-9-7-16(8-10-17)18(15-5-3-2-4-6-15)21-13-11-20-12-14-21/h2-10,18,20H,11-14H2,1H3.